The van der Waals surface area contributed by atoms with Crippen molar-refractivity contribution in [2.24, 2.45) is 11.1 Å². The van der Waals surface area contributed by atoms with Crippen LogP contribution in [0.1, 0.15) is 47.2 Å². The van der Waals surface area contributed by atoms with Crippen LogP contribution in [-0.2, 0) is 14.3 Å². The Kier molecular flexibility index (Phi) is 9.14. The van der Waals surface area contributed by atoms with Gasteiger partial charge in [-0.25, -0.2) is 18.6 Å². The zero-order valence-corrected chi connectivity index (χ0v) is 23.4. The molecular weight excluding hydrogens is 552 g/mol. The number of halogens is 2. The van der Waals surface area contributed by atoms with Crippen molar-refractivity contribution < 1.29 is 33.1 Å². The Morgan fingerprint density at radius 3 is 2.55 bits per heavy atom. The summed E-state index contributed by atoms with van der Waals surface area (Å²) < 4.78 is 33.5. The van der Waals surface area contributed by atoms with Crippen molar-refractivity contribution in [1.82, 2.24) is 20.5 Å². The van der Waals surface area contributed by atoms with Crippen LogP contribution in [0.5, 0.6) is 0 Å². The minimum Gasteiger partial charge on any atom is -0.410 e. The number of hydrogen-bond acceptors (Lipinski definition) is 8. The summed E-state index contributed by atoms with van der Waals surface area (Å²) in [6.07, 6.45) is 2.76. The quantitative estimate of drug-likeness (QED) is 0.154. The number of nitrogens with zero attached hydrogens (tertiary/aromatic N) is 3. The fourth-order valence-electron chi connectivity index (χ4n) is 4.84. The lowest BCUT2D eigenvalue weighted by Gasteiger charge is -2.38. The molecule has 2 aromatic rings. The number of hydrogen-bond donors (Lipinski definition) is 5. The first-order valence-corrected chi connectivity index (χ1v) is 13.3. The smallest absolute Gasteiger partial charge is 0.318 e. The Morgan fingerprint density at radius 2 is 1.93 bits per heavy atom. The van der Waals surface area contributed by atoms with Crippen molar-refractivity contribution in [3.8, 4) is 0 Å². The van der Waals surface area contributed by atoms with Crippen LogP contribution in [0.15, 0.2) is 41.7 Å². The third kappa shape index (κ3) is 7.24. The van der Waals surface area contributed by atoms with Gasteiger partial charge in [-0.3, -0.25) is 9.59 Å². The minimum absolute atomic E-state index is 0.0353. The summed E-state index contributed by atoms with van der Waals surface area (Å²) in [4.78, 5) is 44.3. The Bertz CT molecular complexity index is 1390. The lowest BCUT2D eigenvalue weighted by Crippen LogP contribution is -2.58. The maximum atomic E-state index is 14.1. The number of carbonyl (C=O) groups excluding carboxylic acids is 3. The number of oxime groups is 1. The fourth-order valence-corrected chi connectivity index (χ4v) is 4.84. The van der Waals surface area contributed by atoms with Crippen molar-refractivity contribution >= 4 is 35.1 Å². The molecular formula is C28H33F2N7O5. The summed E-state index contributed by atoms with van der Waals surface area (Å²) in [5.41, 5.74) is 1.90. The number of carbonyl (C=O) groups is 3. The van der Waals surface area contributed by atoms with Gasteiger partial charge in [0, 0.05) is 19.2 Å². The molecule has 1 aliphatic heterocycles. The Hall–Kier alpha value is -4.46. The number of methoxy groups -OCH3 is 1. The number of alkyl halides is 2. The molecule has 2 heterocycles. The van der Waals surface area contributed by atoms with Gasteiger partial charge in [0.1, 0.15) is 11.9 Å². The highest BCUT2D eigenvalue weighted by atomic mass is 19.3. The van der Waals surface area contributed by atoms with Gasteiger partial charge in [0.2, 0.25) is 0 Å². The highest BCUT2D eigenvalue weighted by Gasteiger charge is 2.42. The summed E-state index contributed by atoms with van der Waals surface area (Å²) in [5, 5.41) is 28.0. The molecule has 5 N–H and O–H groups in total. The van der Waals surface area contributed by atoms with Crippen LogP contribution in [-0.4, -0.2) is 77.1 Å². The Morgan fingerprint density at radius 1 is 1.24 bits per heavy atom. The van der Waals surface area contributed by atoms with Crippen molar-refractivity contribution in [1.29, 1.82) is 5.41 Å². The highest BCUT2D eigenvalue weighted by molar-refractivity contribution is 6.66. The second-order valence-corrected chi connectivity index (χ2v) is 10.5. The van der Waals surface area contributed by atoms with Crippen molar-refractivity contribution in [2.45, 2.75) is 44.7 Å². The molecule has 224 valence electrons. The number of ether oxygens (including phenoxy) is 1. The van der Waals surface area contributed by atoms with Crippen molar-refractivity contribution in [2.75, 3.05) is 32.1 Å². The normalized spacial score (nSPS) is 18.1. The fraction of sp³-hybridized carbons (Fsp3) is 0.429. The van der Waals surface area contributed by atoms with Crippen LogP contribution < -0.4 is 16.0 Å². The van der Waals surface area contributed by atoms with E-state index in [0.29, 0.717) is 24.0 Å². The van der Waals surface area contributed by atoms with E-state index in [-0.39, 0.29) is 24.1 Å². The summed E-state index contributed by atoms with van der Waals surface area (Å²) in [7, 11) is 1.38. The molecule has 4 amide bonds. The summed E-state index contributed by atoms with van der Waals surface area (Å²) in [5.74, 6) is -4.88. The number of pyridine rings is 1. The van der Waals surface area contributed by atoms with Gasteiger partial charge in [-0.05, 0) is 49.9 Å². The van der Waals surface area contributed by atoms with Crippen molar-refractivity contribution in [3.63, 3.8) is 0 Å². The zero-order valence-electron chi connectivity index (χ0n) is 23.4. The van der Waals surface area contributed by atoms with E-state index >= 15 is 0 Å². The van der Waals surface area contributed by atoms with Gasteiger partial charge >= 0.3 is 6.03 Å². The molecule has 42 heavy (non-hydrogen) atoms. The summed E-state index contributed by atoms with van der Waals surface area (Å²) >= 11 is 0. The molecule has 12 nitrogen and oxygen atoms in total. The van der Waals surface area contributed by atoms with E-state index in [0.717, 1.165) is 16.0 Å². The first kappa shape index (κ1) is 30.5. The third-order valence-electron chi connectivity index (χ3n) is 6.95. The number of anilines is 1. The first-order chi connectivity index (χ1) is 19.9. The number of nitrogens with one attached hydrogen (secondary N) is 4. The largest absolute Gasteiger partial charge is 0.410 e. The number of rotatable bonds is 11. The van der Waals surface area contributed by atoms with E-state index in [1.807, 2.05) is 19.9 Å². The Labute approximate surface area is 241 Å². The third-order valence-corrected chi connectivity index (χ3v) is 6.95. The van der Waals surface area contributed by atoms with Gasteiger partial charge in [0.05, 0.1) is 31.4 Å². The molecule has 1 aromatic heterocycles. The van der Waals surface area contributed by atoms with Gasteiger partial charge in [0.25, 0.3) is 17.7 Å². The molecule has 0 radical (unpaired) electrons. The number of benzene rings is 1. The lowest BCUT2D eigenvalue weighted by atomic mass is 10.00. The number of urea groups is 1. The predicted octanol–water partition coefficient (Wildman–Crippen LogP) is 3.10. The van der Waals surface area contributed by atoms with Gasteiger partial charge in [-0.1, -0.05) is 34.5 Å². The van der Waals surface area contributed by atoms with Gasteiger partial charge in [0.15, 0.2) is 5.71 Å². The molecule has 14 heteroatoms. The van der Waals surface area contributed by atoms with Crippen molar-refractivity contribution in [3.05, 3.63) is 58.8 Å². The van der Waals surface area contributed by atoms with E-state index in [9.17, 15) is 28.4 Å². The average molecular weight is 586 g/mol. The maximum Gasteiger partial charge on any atom is 0.318 e. The SMILES string of the molecule is COC[C@H](c1ccnc(NC(=O)[C@@H](NC(=O)/C(=N/O)C(=N)C2CC2)c2cc(C)cc(C)c2)c1)N1CC(F)(F)CNC1=O. The van der Waals surface area contributed by atoms with Crippen LogP contribution in [0.25, 0.3) is 0 Å². The molecule has 0 unspecified atom stereocenters. The molecule has 1 aromatic carbocycles. The molecule has 0 spiro atoms. The number of aromatic nitrogens is 1. The average Bonchev–Trinajstić information content (AvgIpc) is 3.77. The van der Waals surface area contributed by atoms with Gasteiger partial charge in [-0.2, -0.15) is 0 Å². The second kappa shape index (κ2) is 12.6. The topological polar surface area (TPSA) is 169 Å². The first-order valence-electron chi connectivity index (χ1n) is 13.3. The monoisotopic (exact) mass is 585 g/mol. The molecule has 2 aliphatic rings. The zero-order chi connectivity index (χ0) is 30.6. The Balaban J connectivity index is 1.61. The second-order valence-electron chi connectivity index (χ2n) is 10.5. The molecule has 0 bridgehead atoms. The van der Waals surface area contributed by atoms with Crippen LogP contribution >= 0.6 is 0 Å². The van der Waals surface area contributed by atoms with E-state index < -0.39 is 54.7 Å². The number of aryl methyl sites for hydroxylation is 2. The lowest BCUT2D eigenvalue weighted by molar-refractivity contribution is -0.123. The molecule has 2 fully saturated rings. The van der Waals surface area contributed by atoms with Gasteiger partial charge < -0.3 is 36.2 Å². The molecule has 2 atom stereocenters. The van der Waals surface area contributed by atoms with Crippen LogP contribution in [0.2, 0.25) is 0 Å². The number of amides is 4. The van der Waals surface area contributed by atoms with Crippen LogP contribution in [0.4, 0.5) is 19.4 Å². The summed E-state index contributed by atoms with van der Waals surface area (Å²) in [6.45, 7) is 1.98. The molecule has 1 saturated carbocycles. The molecule has 1 saturated heterocycles. The standard InChI is InChI=1S/C28H33F2N7O5/c1-15-8-16(2)10-19(9-15)23(35-26(39)24(36-41)22(31)17-4-5-17)25(38)34-21-11-18(6-7-32-21)20(12-42-3)37-14-28(29,30)13-33-27(37)40/h6-11,17,20,23,31,41H,4-5,12-14H2,1-3H3,(H,33,40)(H,35,39)(H,32,34,38)/b31-22?,36-24+/t20-,23+/m1/s1. The van der Waals surface area contributed by atoms with E-state index in [4.69, 9.17) is 10.1 Å². The van der Waals surface area contributed by atoms with Crippen LogP contribution in [0, 0.1) is 25.2 Å². The molecule has 1 aliphatic carbocycles. The predicted molar refractivity (Wildman–Crippen MR) is 149 cm³/mol. The highest BCUT2D eigenvalue weighted by Crippen LogP contribution is 2.31. The minimum atomic E-state index is -3.14. The molecule has 4 rings (SSSR count). The maximum absolute atomic E-state index is 14.1. The van der Waals surface area contributed by atoms with E-state index in [2.05, 4.69) is 26.1 Å². The van der Waals surface area contributed by atoms with E-state index in [1.54, 1.807) is 12.1 Å². The van der Waals surface area contributed by atoms with E-state index in [1.165, 1.54) is 25.4 Å². The van der Waals surface area contributed by atoms with Crippen LogP contribution in [0.3, 0.4) is 0 Å². The summed E-state index contributed by atoms with van der Waals surface area (Å²) in [6, 6.07) is 5.42. The van der Waals surface area contributed by atoms with Gasteiger partial charge in [-0.15, -0.1) is 0 Å².